The first-order valence-electron chi connectivity index (χ1n) is 10.4. The highest BCUT2D eigenvalue weighted by molar-refractivity contribution is 5.90. The van der Waals surface area contributed by atoms with E-state index in [1.165, 1.54) is 18.4 Å². The zero-order valence-electron chi connectivity index (χ0n) is 16.5. The summed E-state index contributed by atoms with van der Waals surface area (Å²) < 4.78 is 12.8. The zero-order chi connectivity index (χ0) is 18.6. The third-order valence-electron chi connectivity index (χ3n) is 8.48. The summed E-state index contributed by atoms with van der Waals surface area (Å²) in [6, 6.07) is 4.25. The van der Waals surface area contributed by atoms with Gasteiger partial charge in [-0.1, -0.05) is 6.07 Å². The Kier molecular flexibility index (Phi) is 4.00. The van der Waals surface area contributed by atoms with Crippen molar-refractivity contribution >= 4 is 5.78 Å². The molecule has 152 valence electrons. The molecule has 5 aliphatic rings. The highest BCUT2D eigenvalue weighted by Crippen LogP contribution is 2.66. The summed E-state index contributed by atoms with van der Waals surface area (Å²) in [6.45, 7) is 2.16. The Hall–Kier alpha value is -0.860. The number of likely N-dealkylation sites (N-methyl/N-ethyl adjacent to an activating group) is 1. The second-order valence-corrected chi connectivity index (χ2v) is 9.79. The number of hydrogen-bond acceptors (Lipinski definition) is 4. The van der Waals surface area contributed by atoms with Gasteiger partial charge in [0.25, 0.3) is 0 Å². The number of halogens is 1. The van der Waals surface area contributed by atoms with E-state index < -0.39 is 17.1 Å². The maximum atomic E-state index is 12.9. The number of benzene rings is 1. The molecule has 0 aromatic heterocycles. The first-order valence-corrected chi connectivity index (χ1v) is 10.4. The van der Waals surface area contributed by atoms with Gasteiger partial charge in [-0.3, -0.25) is 4.79 Å². The molecule has 5 atom stereocenters. The Morgan fingerprint density at radius 2 is 2.11 bits per heavy atom. The molecule has 3 aliphatic carbocycles. The molecule has 0 amide bonds. The van der Waals surface area contributed by atoms with Crippen LogP contribution < -0.4 is 33.5 Å². The molecule has 6 heteroatoms. The van der Waals surface area contributed by atoms with Crippen molar-refractivity contribution in [2.75, 3.05) is 27.2 Å². The first-order chi connectivity index (χ1) is 12.9. The summed E-state index contributed by atoms with van der Waals surface area (Å²) in [5.74, 6) is 2.35. The van der Waals surface area contributed by atoms with E-state index in [1.54, 1.807) is 7.11 Å². The van der Waals surface area contributed by atoms with Crippen LogP contribution in [0, 0.1) is 5.92 Å². The van der Waals surface area contributed by atoms with E-state index in [0.29, 0.717) is 24.3 Å². The fourth-order valence-corrected chi connectivity index (χ4v) is 7.09. The van der Waals surface area contributed by atoms with Crippen molar-refractivity contribution in [3.63, 3.8) is 0 Å². The number of carbonyl (C=O) groups excluding carboxylic acids is 1. The largest absolute Gasteiger partial charge is 1.00 e. The number of aliphatic hydroxyl groups is 1. The van der Waals surface area contributed by atoms with Crippen molar-refractivity contribution in [2.24, 2.45) is 5.92 Å². The van der Waals surface area contributed by atoms with E-state index >= 15 is 0 Å². The van der Waals surface area contributed by atoms with E-state index in [9.17, 15) is 9.90 Å². The zero-order valence-corrected chi connectivity index (χ0v) is 18.7. The quantitative estimate of drug-likeness (QED) is 0.429. The molecule has 2 aliphatic heterocycles. The Morgan fingerprint density at radius 3 is 2.82 bits per heavy atom. The average Bonchev–Trinajstić information content (AvgIpc) is 3.37. The van der Waals surface area contributed by atoms with Crippen LogP contribution in [0.5, 0.6) is 11.5 Å². The third-order valence-corrected chi connectivity index (χ3v) is 8.48. The molecule has 3 fully saturated rings. The fourth-order valence-electron chi connectivity index (χ4n) is 7.09. The molecule has 28 heavy (non-hydrogen) atoms. The van der Waals surface area contributed by atoms with Crippen LogP contribution in [0.2, 0.25) is 0 Å². The van der Waals surface area contributed by atoms with Gasteiger partial charge in [0.15, 0.2) is 23.4 Å². The SMILES string of the molecule is COc1ccc2c3c1O[C@H]1C(=O)CC[C@@]4(O)[C@@H](C2)[N+](C)(CC2CC2)CC[C@]314.[I-]. The molecule has 2 bridgehead atoms. The number of methoxy groups -OCH3 is 1. The van der Waals surface area contributed by atoms with Crippen LogP contribution in [0.15, 0.2) is 12.1 Å². The summed E-state index contributed by atoms with van der Waals surface area (Å²) in [5.41, 5.74) is 0.859. The molecule has 2 heterocycles. The number of ketones is 1. The number of Topliss-reactive ketones (excluding diaryl/α,β-unsaturated/α-hetero) is 1. The van der Waals surface area contributed by atoms with Crippen LogP contribution >= 0.6 is 0 Å². The summed E-state index contributed by atoms with van der Waals surface area (Å²) in [5, 5.41) is 12.3. The van der Waals surface area contributed by atoms with Gasteiger partial charge in [0.1, 0.15) is 11.6 Å². The summed E-state index contributed by atoms with van der Waals surface area (Å²) in [7, 11) is 3.98. The molecule has 6 rings (SSSR count). The number of ether oxygens (including phenoxy) is 2. The van der Waals surface area contributed by atoms with Crippen molar-refractivity contribution in [2.45, 2.75) is 61.7 Å². The van der Waals surface area contributed by atoms with Gasteiger partial charge in [-0.25, -0.2) is 0 Å². The lowest BCUT2D eigenvalue weighted by Gasteiger charge is -2.64. The van der Waals surface area contributed by atoms with Crippen molar-refractivity contribution in [1.82, 2.24) is 0 Å². The fraction of sp³-hybridized carbons (Fsp3) is 0.682. The molecule has 2 saturated carbocycles. The van der Waals surface area contributed by atoms with Crippen LogP contribution in [-0.2, 0) is 16.6 Å². The minimum absolute atomic E-state index is 0. The van der Waals surface area contributed by atoms with Gasteiger partial charge in [0, 0.05) is 30.7 Å². The Morgan fingerprint density at radius 1 is 1.32 bits per heavy atom. The van der Waals surface area contributed by atoms with Crippen molar-refractivity contribution in [1.29, 1.82) is 0 Å². The number of piperidine rings is 1. The summed E-state index contributed by atoms with van der Waals surface area (Å²) in [6.07, 6.45) is 4.74. The van der Waals surface area contributed by atoms with Crippen LogP contribution in [0.4, 0.5) is 0 Å². The van der Waals surface area contributed by atoms with Crippen molar-refractivity contribution in [3.05, 3.63) is 23.3 Å². The van der Waals surface area contributed by atoms with Crippen molar-refractivity contribution in [3.8, 4) is 11.5 Å². The van der Waals surface area contributed by atoms with Gasteiger partial charge in [-0.05, 0) is 30.9 Å². The van der Waals surface area contributed by atoms with Gasteiger partial charge in [-0.15, -0.1) is 0 Å². The van der Waals surface area contributed by atoms with E-state index in [4.69, 9.17) is 9.47 Å². The number of rotatable bonds is 3. The number of carbonyl (C=O) groups is 1. The molecule has 0 radical (unpaired) electrons. The van der Waals surface area contributed by atoms with Gasteiger partial charge in [0.2, 0.25) is 0 Å². The maximum absolute atomic E-state index is 12.9. The lowest BCUT2D eigenvalue weighted by molar-refractivity contribution is -0.950. The standard InChI is InChI=1S/C22H28NO4.HI/c1-23(12-13-3-4-13)10-9-21-18-14-5-6-16(26-2)19(18)27-20(21)15(24)7-8-22(21,25)17(23)11-14;/h5-6,13,17,20,25H,3-4,7-12H2,1-2H3;1H/q+1;/p-1/t17-,20+,21+,22-,23?;/m1./s1. The van der Waals surface area contributed by atoms with Gasteiger partial charge >= 0.3 is 0 Å². The first kappa shape index (κ1) is 19.1. The second kappa shape index (κ2) is 5.85. The smallest absolute Gasteiger partial charge is 0.174 e. The molecular formula is C22H28INO4. The molecule has 1 saturated heterocycles. The van der Waals surface area contributed by atoms with Crippen LogP contribution in [0.3, 0.4) is 0 Å². The molecule has 1 spiro atoms. The van der Waals surface area contributed by atoms with Crippen molar-refractivity contribution < 1.29 is 47.8 Å². The number of likely N-dealkylation sites (tertiary alicyclic amines) is 1. The number of nitrogens with zero attached hydrogens (tertiary/aromatic N) is 1. The van der Waals surface area contributed by atoms with E-state index in [0.717, 1.165) is 41.9 Å². The normalized spacial score (nSPS) is 42.3. The van der Waals surface area contributed by atoms with Gasteiger partial charge in [0.05, 0.1) is 32.7 Å². The predicted octanol–water partition coefficient (Wildman–Crippen LogP) is -1.02. The molecular weight excluding hydrogens is 469 g/mol. The topological polar surface area (TPSA) is 55.8 Å². The lowest BCUT2D eigenvalue weighted by Crippen LogP contribution is -3.00. The Labute approximate surface area is 183 Å². The maximum Gasteiger partial charge on any atom is 0.174 e. The van der Waals surface area contributed by atoms with E-state index in [1.807, 2.05) is 6.07 Å². The molecule has 1 unspecified atom stereocenters. The molecule has 5 nitrogen and oxygen atoms in total. The summed E-state index contributed by atoms with van der Waals surface area (Å²) >= 11 is 0. The molecule has 1 aromatic carbocycles. The van der Waals surface area contributed by atoms with E-state index in [-0.39, 0.29) is 35.8 Å². The van der Waals surface area contributed by atoms with Crippen LogP contribution in [0.1, 0.15) is 43.2 Å². The minimum Gasteiger partial charge on any atom is -1.00 e. The van der Waals surface area contributed by atoms with Gasteiger partial charge in [-0.2, -0.15) is 0 Å². The molecule has 1 N–H and O–H groups in total. The number of hydrogen-bond donors (Lipinski definition) is 1. The molecule has 1 aromatic rings. The third kappa shape index (κ3) is 2.07. The average molecular weight is 497 g/mol. The lowest BCUT2D eigenvalue weighted by atomic mass is 9.48. The summed E-state index contributed by atoms with van der Waals surface area (Å²) in [4.78, 5) is 12.9. The van der Waals surface area contributed by atoms with Crippen LogP contribution in [0.25, 0.3) is 0 Å². The van der Waals surface area contributed by atoms with Crippen LogP contribution in [-0.4, -0.2) is 60.4 Å². The van der Waals surface area contributed by atoms with Gasteiger partial charge < -0.3 is 43.0 Å². The highest BCUT2D eigenvalue weighted by Gasteiger charge is 2.76. The van der Waals surface area contributed by atoms with E-state index in [2.05, 4.69) is 13.1 Å². The monoisotopic (exact) mass is 497 g/mol. The number of quaternary nitrogens is 1. The Bertz CT molecular complexity index is 870. The predicted molar refractivity (Wildman–Crippen MR) is 99.0 cm³/mol. The second-order valence-electron chi connectivity index (χ2n) is 9.79. The highest BCUT2D eigenvalue weighted by atomic mass is 127. The Balaban J connectivity index is 0.00000171. The minimum atomic E-state index is -0.877.